The van der Waals surface area contributed by atoms with E-state index in [2.05, 4.69) is 5.32 Å². The van der Waals surface area contributed by atoms with Crippen molar-refractivity contribution in [1.29, 1.82) is 0 Å². The quantitative estimate of drug-likeness (QED) is 0.440. The molecule has 0 spiro atoms. The molecule has 0 radical (unpaired) electrons. The second kappa shape index (κ2) is 11.1. The number of anilines is 1. The van der Waals surface area contributed by atoms with Crippen LogP contribution in [0.2, 0.25) is 5.02 Å². The first-order chi connectivity index (χ1) is 15.7. The van der Waals surface area contributed by atoms with E-state index in [0.29, 0.717) is 29.6 Å². The number of hydrogen-bond donors (Lipinski definition) is 1. The third-order valence-corrected chi connectivity index (χ3v) is 5.73. The van der Waals surface area contributed by atoms with Crippen molar-refractivity contribution >= 4 is 29.2 Å². The van der Waals surface area contributed by atoms with E-state index in [4.69, 9.17) is 16.0 Å². The number of furan rings is 1. The average Bonchev–Trinajstić information content (AvgIpc) is 3.19. The molecule has 0 saturated carbocycles. The second-order valence-electron chi connectivity index (χ2n) is 8.36. The largest absolute Gasteiger partial charge is 0.464 e. The van der Waals surface area contributed by atoms with Crippen LogP contribution < -0.4 is 5.32 Å². The molecular formula is C26H30ClN3O3. The maximum absolute atomic E-state index is 13.4. The van der Waals surface area contributed by atoms with Gasteiger partial charge in [-0.3, -0.25) is 4.79 Å². The number of benzene rings is 2. The van der Waals surface area contributed by atoms with Gasteiger partial charge in [0, 0.05) is 23.3 Å². The Morgan fingerprint density at radius 2 is 1.73 bits per heavy atom. The van der Waals surface area contributed by atoms with Gasteiger partial charge in [-0.1, -0.05) is 48.0 Å². The molecule has 3 aromatic rings. The van der Waals surface area contributed by atoms with Crippen LogP contribution in [0.15, 0.2) is 65.1 Å². The fraction of sp³-hybridized carbons (Fsp3) is 0.308. The van der Waals surface area contributed by atoms with Crippen molar-refractivity contribution in [2.24, 2.45) is 0 Å². The summed E-state index contributed by atoms with van der Waals surface area (Å²) in [4.78, 5) is 29.6. The van der Waals surface area contributed by atoms with Crippen molar-refractivity contribution < 1.29 is 14.0 Å². The van der Waals surface area contributed by atoms with Gasteiger partial charge in [-0.15, -0.1) is 0 Å². The van der Waals surface area contributed by atoms with Crippen LogP contribution in [0.5, 0.6) is 0 Å². The van der Waals surface area contributed by atoms with Crippen LogP contribution in [0.1, 0.15) is 36.5 Å². The standard InChI is InChI=1S/C26H30ClN3O3/c1-18(2)30(26(32)28-22-12-10-19(3)24(27)14-22)17-25(31)29(15-21-8-6-5-7-9-21)16-23-13-11-20(4)33-23/h5-14,18H,15-17H2,1-4H3,(H,28,32). The van der Waals surface area contributed by atoms with Crippen molar-refractivity contribution in [2.45, 2.75) is 46.8 Å². The van der Waals surface area contributed by atoms with Crippen LogP contribution in [-0.4, -0.2) is 34.3 Å². The van der Waals surface area contributed by atoms with Gasteiger partial charge in [0.05, 0.1) is 6.54 Å². The molecule has 3 amide bonds. The van der Waals surface area contributed by atoms with E-state index in [0.717, 1.165) is 16.9 Å². The highest BCUT2D eigenvalue weighted by Gasteiger charge is 2.24. The number of nitrogens with one attached hydrogen (secondary N) is 1. The lowest BCUT2D eigenvalue weighted by Gasteiger charge is -2.30. The molecule has 1 aromatic heterocycles. The van der Waals surface area contributed by atoms with Crippen molar-refractivity contribution in [1.82, 2.24) is 9.80 Å². The molecular weight excluding hydrogens is 438 g/mol. The first-order valence-corrected chi connectivity index (χ1v) is 11.3. The van der Waals surface area contributed by atoms with Crippen molar-refractivity contribution in [2.75, 3.05) is 11.9 Å². The van der Waals surface area contributed by atoms with Crippen LogP contribution in [0, 0.1) is 13.8 Å². The Kier molecular flexibility index (Phi) is 8.17. The van der Waals surface area contributed by atoms with Gasteiger partial charge in [-0.25, -0.2) is 4.79 Å². The Labute approximate surface area is 200 Å². The number of amides is 3. The maximum Gasteiger partial charge on any atom is 0.322 e. The summed E-state index contributed by atoms with van der Waals surface area (Å²) in [5, 5.41) is 3.42. The summed E-state index contributed by atoms with van der Waals surface area (Å²) >= 11 is 6.19. The minimum Gasteiger partial charge on any atom is -0.464 e. The number of nitrogens with zero attached hydrogens (tertiary/aromatic N) is 2. The summed E-state index contributed by atoms with van der Waals surface area (Å²) in [6.07, 6.45) is 0. The summed E-state index contributed by atoms with van der Waals surface area (Å²) < 4.78 is 5.70. The molecule has 0 aliphatic carbocycles. The summed E-state index contributed by atoms with van der Waals surface area (Å²) in [7, 11) is 0. The zero-order chi connectivity index (χ0) is 24.0. The molecule has 7 heteroatoms. The van der Waals surface area contributed by atoms with E-state index in [1.54, 1.807) is 17.0 Å². The number of carbonyl (C=O) groups is 2. The monoisotopic (exact) mass is 467 g/mol. The molecule has 0 fully saturated rings. The Morgan fingerprint density at radius 3 is 2.33 bits per heavy atom. The molecule has 1 N–H and O–H groups in total. The Bertz CT molecular complexity index is 1100. The molecule has 33 heavy (non-hydrogen) atoms. The normalized spacial score (nSPS) is 10.8. The topological polar surface area (TPSA) is 65.8 Å². The smallest absolute Gasteiger partial charge is 0.322 e. The lowest BCUT2D eigenvalue weighted by molar-refractivity contribution is -0.133. The number of halogens is 1. The molecule has 174 valence electrons. The Morgan fingerprint density at radius 1 is 1.00 bits per heavy atom. The Hall–Kier alpha value is -3.25. The minimum absolute atomic E-state index is 0.0599. The molecule has 0 bridgehead atoms. The summed E-state index contributed by atoms with van der Waals surface area (Å²) in [5.41, 5.74) is 2.51. The predicted molar refractivity (Wildman–Crippen MR) is 131 cm³/mol. The number of carbonyl (C=O) groups excluding carboxylic acids is 2. The molecule has 0 saturated heterocycles. The zero-order valence-electron chi connectivity index (χ0n) is 19.5. The van der Waals surface area contributed by atoms with Gasteiger partial charge in [0.2, 0.25) is 5.91 Å². The van der Waals surface area contributed by atoms with Crippen LogP contribution in [-0.2, 0) is 17.9 Å². The summed E-state index contributed by atoms with van der Waals surface area (Å²) in [6, 6.07) is 18.3. The molecule has 0 aliphatic heterocycles. The van der Waals surface area contributed by atoms with Crippen LogP contribution in [0.3, 0.4) is 0 Å². The molecule has 6 nitrogen and oxygen atoms in total. The van der Waals surface area contributed by atoms with E-state index in [1.165, 1.54) is 4.90 Å². The van der Waals surface area contributed by atoms with Crippen LogP contribution in [0.4, 0.5) is 10.5 Å². The molecule has 0 atom stereocenters. The van der Waals surface area contributed by atoms with E-state index in [1.807, 2.05) is 76.2 Å². The van der Waals surface area contributed by atoms with E-state index >= 15 is 0 Å². The third kappa shape index (κ3) is 6.86. The minimum atomic E-state index is -0.355. The lowest BCUT2D eigenvalue weighted by atomic mass is 10.2. The van der Waals surface area contributed by atoms with Gasteiger partial charge in [0.1, 0.15) is 18.1 Å². The zero-order valence-corrected chi connectivity index (χ0v) is 20.2. The average molecular weight is 468 g/mol. The van der Waals surface area contributed by atoms with Crippen molar-refractivity contribution in [3.63, 3.8) is 0 Å². The molecule has 0 aliphatic rings. The second-order valence-corrected chi connectivity index (χ2v) is 8.77. The number of rotatable bonds is 8. The molecule has 3 rings (SSSR count). The number of urea groups is 1. The van der Waals surface area contributed by atoms with E-state index < -0.39 is 0 Å². The van der Waals surface area contributed by atoms with Gasteiger partial charge >= 0.3 is 6.03 Å². The third-order valence-electron chi connectivity index (χ3n) is 5.32. The molecule has 0 unspecified atom stereocenters. The molecule has 2 aromatic carbocycles. The highest BCUT2D eigenvalue weighted by Crippen LogP contribution is 2.21. The van der Waals surface area contributed by atoms with Gasteiger partial charge in [0.25, 0.3) is 0 Å². The fourth-order valence-electron chi connectivity index (χ4n) is 3.39. The van der Waals surface area contributed by atoms with Gasteiger partial charge < -0.3 is 19.5 Å². The first kappa shape index (κ1) is 24.4. The summed E-state index contributed by atoms with van der Waals surface area (Å²) in [5.74, 6) is 1.32. The highest BCUT2D eigenvalue weighted by atomic mass is 35.5. The van der Waals surface area contributed by atoms with Gasteiger partial charge in [0.15, 0.2) is 0 Å². The lowest BCUT2D eigenvalue weighted by Crippen LogP contribution is -2.47. The SMILES string of the molecule is Cc1ccc(CN(Cc2ccccc2)C(=O)CN(C(=O)Nc2ccc(C)c(Cl)c2)C(C)C)o1. The van der Waals surface area contributed by atoms with Gasteiger partial charge in [-0.2, -0.15) is 0 Å². The maximum atomic E-state index is 13.4. The number of aryl methyl sites for hydroxylation is 2. The van der Waals surface area contributed by atoms with Crippen LogP contribution >= 0.6 is 11.6 Å². The predicted octanol–water partition coefficient (Wildman–Crippen LogP) is 6.02. The summed E-state index contributed by atoms with van der Waals surface area (Å²) in [6.45, 7) is 8.21. The van der Waals surface area contributed by atoms with E-state index in [9.17, 15) is 9.59 Å². The highest BCUT2D eigenvalue weighted by molar-refractivity contribution is 6.31. The number of hydrogen-bond acceptors (Lipinski definition) is 3. The van der Waals surface area contributed by atoms with Crippen molar-refractivity contribution in [3.8, 4) is 0 Å². The van der Waals surface area contributed by atoms with Crippen LogP contribution in [0.25, 0.3) is 0 Å². The first-order valence-electron chi connectivity index (χ1n) is 10.9. The van der Waals surface area contributed by atoms with Gasteiger partial charge in [-0.05, 0) is 63.1 Å². The Balaban J connectivity index is 1.75. The van der Waals surface area contributed by atoms with Crippen molar-refractivity contribution in [3.05, 3.63) is 88.3 Å². The molecule has 1 heterocycles. The van der Waals surface area contributed by atoms with E-state index in [-0.39, 0.29) is 24.5 Å². The fourth-order valence-corrected chi connectivity index (χ4v) is 3.58.